The standard InChI is InChI=1S/C26H36F2N4O2S/c1-26(27,28)17-34-25-31-23-16-32(13-11-24(23)35-25)12-10-20-4-2-19(3-5-20)6-8-22(33)9-7-21-14-29-18-30-15-21/h14-15,18-20H,2-13,16-17H2,1H3. The van der Waals surface area contributed by atoms with Crippen LogP contribution in [0.25, 0.3) is 0 Å². The molecule has 1 aliphatic carbocycles. The molecule has 4 rings (SSSR count). The Balaban J connectivity index is 1.10. The Bertz CT molecular complexity index is 943. The number of thiazole rings is 1. The number of hydrogen-bond acceptors (Lipinski definition) is 7. The lowest BCUT2D eigenvalue weighted by molar-refractivity contribution is -0.119. The number of ether oxygens (including phenoxy) is 1. The molecule has 35 heavy (non-hydrogen) atoms. The Morgan fingerprint density at radius 1 is 1.14 bits per heavy atom. The highest BCUT2D eigenvalue weighted by Crippen LogP contribution is 2.35. The quantitative estimate of drug-likeness (QED) is 0.378. The smallest absolute Gasteiger partial charge is 0.278 e. The molecule has 0 aromatic carbocycles. The minimum absolute atomic E-state index is 0.347. The first-order valence-electron chi connectivity index (χ1n) is 12.8. The van der Waals surface area contributed by atoms with Crippen LogP contribution in [0.4, 0.5) is 8.78 Å². The fraction of sp³-hybridized carbons (Fsp3) is 0.692. The van der Waals surface area contributed by atoms with E-state index in [1.165, 1.54) is 54.6 Å². The molecule has 1 aliphatic heterocycles. The van der Waals surface area contributed by atoms with Crippen LogP contribution >= 0.6 is 11.3 Å². The number of aromatic nitrogens is 3. The van der Waals surface area contributed by atoms with Crippen molar-refractivity contribution in [2.45, 2.75) is 83.6 Å². The molecule has 0 amide bonds. The van der Waals surface area contributed by atoms with Gasteiger partial charge in [0.25, 0.3) is 11.1 Å². The topological polar surface area (TPSA) is 68.2 Å². The number of nitrogens with zero attached hydrogens (tertiary/aromatic N) is 4. The normalized spacial score (nSPS) is 21.0. The number of carbonyl (C=O) groups is 1. The van der Waals surface area contributed by atoms with Crippen molar-refractivity contribution >= 4 is 17.1 Å². The van der Waals surface area contributed by atoms with Crippen LogP contribution in [0.3, 0.4) is 0 Å². The number of alkyl halides is 2. The van der Waals surface area contributed by atoms with Gasteiger partial charge in [-0.3, -0.25) is 9.69 Å². The molecule has 0 unspecified atom stereocenters. The van der Waals surface area contributed by atoms with Crippen molar-refractivity contribution in [3.8, 4) is 5.19 Å². The largest absolute Gasteiger partial charge is 0.464 e. The van der Waals surface area contributed by atoms with Crippen molar-refractivity contribution in [3.05, 3.63) is 34.9 Å². The highest BCUT2D eigenvalue weighted by atomic mass is 32.1. The highest BCUT2D eigenvalue weighted by Gasteiger charge is 2.27. The second kappa shape index (κ2) is 12.3. The van der Waals surface area contributed by atoms with Gasteiger partial charge in [-0.25, -0.2) is 23.7 Å². The highest BCUT2D eigenvalue weighted by molar-refractivity contribution is 7.13. The molecule has 1 fully saturated rings. The predicted molar refractivity (Wildman–Crippen MR) is 132 cm³/mol. The SMILES string of the molecule is CC(F)(F)COc1nc2c(s1)CCN(CCC1CCC(CCC(=O)CCc3cncnc3)CC1)C2. The third-order valence-corrected chi connectivity index (χ3v) is 8.26. The zero-order chi connectivity index (χ0) is 24.7. The Morgan fingerprint density at radius 2 is 1.86 bits per heavy atom. The number of hydrogen-bond donors (Lipinski definition) is 0. The molecule has 3 heterocycles. The average molecular weight is 507 g/mol. The molecule has 1 saturated carbocycles. The van der Waals surface area contributed by atoms with Crippen LogP contribution in [0.1, 0.15) is 74.4 Å². The summed E-state index contributed by atoms with van der Waals surface area (Å²) in [6.45, 7) is 3.06. The minimum atomic E-state index is -2.84. The molecule has 0 saturated heterocycles. The average Bonchev–Trinajstić information content (AvgIpc) is 3.27. The second-order valence-corrected chi connectivity index (χ2v) is 11.3. The van der Waals surface area contributed by atoms with Crippen LogP contribution in [-0.2, 0) is 24.2 Å². The zero-order valence-corrected chi connectivity index (χ0v) is 21.4. The fourth-order valence-corrected chi connectivity index (χ4v) is 5.98. The summed E-state index contributed by atoms with van der Waals surface area (Å²) in [6, 6.07) is 0. The first kappa shape index (κ1) is 26.1. The van der Waals surface area contributed by atoms with E-state index in [1.54, 1.807) is 12.4 Å². The van der Waals surface area contributed by atoms with Gasteiger partial charge in [0.1, 0.15) is 12.1 Å². The third kappa shape index (κ3) is 8.56. The lowest BCUT2D eigenvalue weighted by Crippen LogP contribution is -2.32. The number of aryl methyl sites for hydroxylation is 1. The fourth-order valence-electron chi connectivity index (χ4n) is 5.08. The molecule has 9 heteroatoms. The molecule has 0 radical (unpaired) electrons. The van der Waals surface area contributed by atoms with Gasteiger partial charge in [0.15, 0.2) is 6.61 Å². The summed E-state index contributed by atoms with van der Waals surface area (Å²) in [4.78, 5) is 28.3. The van der Waals surface area contributed by atoms with Gasteiger partial charge in [0.2, 0.25) is 0 Å². The number of ketones is 1. The number of halogens is 2. The summed E-state index contributed by atoms with van der Waals surface area (Å²) in [7, 11) is 0. The lowest BCUT2D eigenvalue weighted by atomic mass is 9.78. The number of fused-ring (bicyclic) bond motifs is 1. The monoisotopic (exact) mass is 506 g/mol. The van der Waals surface area contributed by atoms with E-state index in [9.17, 15) is 13.6 Å². The zero-order valence-electron chi connectivity index (χ0n) is 20.6. The molecular weight excluding hydrogens is 470 g/mol. The summed E-state index contributed by atoms with van der Waals surface area (Å²) < 4.78 is 31.3. The lowest BCUT2D eigenvalue weighted by Gasteiger charge is -2.31. The van der Waals surface area contributed by atoms with E-state index >= 15 is 0 Å². The summed E-state index contributed by atoms with van der Waals surface area (Å²) in [5.74, 6) is -1.07. The Kier molecular flexibility index (Phi) is 9.16. The van der Waals surface area contributed by atoms with Crippen LogP contribution in [0.5, 0.6) is 5.19 Å². The minimum Gasteiger partial charge on any atom is -0.464 e. The Morgan fingerprint density at radius 3 is 2.57 bits per heavy atom. The summed E-state index contributed by atoms with van der Waals surface area (Å²) in [6.07, 6.45) is 15.1. The molecule has 2 aliphatic rings. The van der Waals surface area contributed by atoms with Crippen LogP contribution in [-0.4, -0.2) is 51.3 Å². The van der Waals surface area contributed by atoms with Crippen molar-refractivity contribution in [2.75, 3.05) is 19.7 Å². The van der Waals surface area contributed by atoms with Gasteiger partial charge >= 0.3 is 0 Å². The Hall–Kier alpha value is -2.00. The molecule has 2 aromatic rings. The maximum Gasteiger partial charge on any atom is 0.278 e. The number of Topliss-reactive ketones (excluding diaryl/α,β-unsaturated/α-hetero) is 1. The van der Waals surface area contributed by atoms with Gasteiger partial charge in [-0.1, -0.05) is 37.0 Å². The molecular formula is C26H36F2N4O2S. The summed E-state index contributed by atoms with van der Waals surface area (Å²) in [5, 5.41) is 0.365. The van der Waals surface area contributed by atoms with E-state index in [0.717, 1.165) is 63.0 Å². The van der Waals surface area contributed by atoms with Crippen molar-refractivity contribution in [1.82, 2.24) is 19.9 Å². The molecule has 0 bridgehead atoms. The molecule has 2 aromatic heterocycles. The van der Waals surface area contributed by atoms with Crippen molar-refractivity contribution < 1.29 is 18.3 Å². The van der Waals surface area contributed by atoms with Gasteiger partial charge < -0.3 is 4.74 Å². The first-order chi connectivity index (χ1) is 16.8. The van der Waals surface area contributed by atoms with Gasteiger partial charge in [-0.05, 0) is 49.6 Å². The van der Waals surface area contributed by atoms with Gasteiger partial charge in [0, 0.05) is 50.1 Å². The molecule has 192 valence electrons. The van der Waals surface area contributed by atoms with Crippen molar-refractivity contribution in [3.63, 3.8) is 0 Å². The predicted octanol–water partition coefficient (Wildman–Crippen LogP) is 5.50. The van der Waals surface area contributed by atoms with E-state index in [1.807, 2.05) is 0 Å². The Labute approximate surface area is 210 Å². The number of rotatable bonds is 12. The van der Waals surface area contributed by atoms with Crippen molar-refractivity contribution in [1.29, 1.82) is 0 Å². The second-order valence-electron chi connectivity index (χ2n) is 10.2. The van der Waals surface area contributed by atoms with E-state index in [2.05, 4.69) is 19.9 Å². The van der Waals surface area contributed by atoms with Crippen LogP contribution < -0.4 is 4.74 Å². The first-order valence-corrected chi connectivity index (χ1v) is 13.6. The molecule has 0 N–H and O–H groups in total. The molecule has 6 nitrogen and oxygen atoms in total. The van der Waals surface area contributed by atoms with E-state index in [-0.39, 0.29) is 0 Å². The maximum atomic E-state index is 13.0. The van der Waals surface area contributed by atoms with Crippen LogP contribution in [0, 0.1) is 11.8 Å². The third-order valence-electron chi connectivity index (χ3n) is 7.19. The van der Waals surface area contributed by atoms with E-state index < -0.39 is 12.5 Å². The summed E-state index contributed by atoms with van der Waals surface area (Å²) >= 11 is 1.41. The molecule has 0 atom stereocenters. The van der Waals surface area contributed by atoms with Crippen LogP contribution in [0.2, 0.25) is 0 Å². The van der Waals surface area contributed by atoms with Gasteiger partial charge in [0.05, 0.1) is 5.69 Å². The maximum absolute atomic E-state index is 13.0. The number of carbonyl (C=O) groups excluding carboxylic acids is 1. The molecule has 0 spiro atoms. The van der Waals surface area contributed by atoms with Gasteiger partial charge in [-0.15, -0.1) is 0 Å². The van der Waals surface area contributed by atoms with Crippen molar-refractivity contribution in [2.24, 2.45) is 11.8 Å². The summed E-state index contributed by atoms with van der Waals surface area (Å²) in [5.41, 5.74) is 2.01. The van der Waals surface area contributed by atoms with E-state index in [0.29, 0.717) is 29.7 Å². The van der Waals surface area contributed by atoms with Gasteiger partial charge in [-0.2, -0.15) is 0 Å². The van der Waals surface area contributed by atoms with Crippen LogP contribution in [0.15, 0.2) is 18.7 Å². The van der Waals surface area contributed by atoms with E-state index in [4.69, 9.17) is 4.74 Å².